The summed E-state index contributed by atoms with van der Waals surface area (Å²) in [6.45, 7) is 7.16. The van der Waals surface area contributed by atoms with Gasteiger partial charge in [0.2, 0.25) is 5.91 Å². The zero-order valence-corrected chi connectivity index (χ0v) is 17.2. The number of nitrogens with zero attached hydrogens (tertiary/aromatic N) is 1. The van der Waals surface area contributed by atoms with Gasteiger partial charge >= 0.3 is 0 Å². The smallest absolute Gasteiger partial charge is 0.241 e. The Hall–Kier alpha value is -1.47. The van der Waals surface area contributed by atoms with Crippen LogP contribution in [0, 0.1) is 11.8 Å². The van der Waals surface area contributed by atoms with E-state index < -0.39 is 0 Å². The number of likely N-dealkylation sites (tertiary alicyclic amines) is 1. The van der Waals surface area contributed by atoms with Crippen LogP contribution in [-0.2, 0) is 4.79 Å². The molecule has 0 aromatic heterocycles. The van der Waals surface area contributed by atoms with Crippen LogP contribution >= 0.6 is 0 Å². The molecule has 5 atom stereocenters. The predicted molar refractivity (Wildman–Crippen MR) is 111 cm³/mol. The first kappa shape index (κ1) is 19.8. The number of carbonyl (C=O) groups excluding carboxylic acids is 1. The molecule has 0 bridgehead atoms. The van der Waals surface area contributed by atoms with Crippen molar-refractivity contribution >= 4 is 5.91 Å². The molecule has 3 aliphatic rings. The Morgan fingerprint density at radius 3 is 2.79 bits per heavy atom. The lowest BCUT2D eigenvalue weighted by atomic mass is 9.81. The number of rotatable bonds is 5. The highest BCUT2D eigenvalue weighted by atomic mass is 16.2. The van der Waals surface area contributed by atoms with Gasteiger partial charge in [-0.2, -0.15) is 0 Å². The molecule has 0 spiro atoms. The number of piperidine rings is 1. The molecule has 4 rings (SSSR count). The van der Waals surface area contributed by atoms with E-state index in [1.807, 2.05) is 0 Å². The van der Waals surface area contributed by atoms with Gasteiger partial charge in [0.15, 0.2) is 0 Å². The quantitative estimate of drug-likeness (QED) is 0.622. The predicted octanol–water partition coefficient (Wildman–Crippen LogP) is 1.77. The Labute approximate surface area is 168 Å². The van der Waals surface area contributed by atoms with Crippen molar-refractivity contribution < 1.29 is 4.79 Å². The highest BCUT2D eigenvalue weighted by molar-refractivity contribution is 5.82. The summed E-state index contributed by atoms with van der Waals surface area (Å²) >= 11 is 0. The van der Waals surface area contributed by atoms with E-state index in [1.54, 1.807) is 0 Å². The normalized spacial score (nSPS) is 33.5. The summed E-state index contributed by atoms with van der Waals surface area (Å²) in [5, 5.41) is 0. The van der Waals surface area contributed by atoms with Gasteiger partial charge in [-0.3, -0.25) is 21.1 Å². The number of benzene rings is 1. The van der Waals surface area contributed by atoms with E-state index in [1.165, 1.54) is 12.0 Å². The van der Waals surface area contributed by atoms with Crippen molar-refractivity contribution in [2.45, 2.75) is 63.6 Å². The number of nitrogens with one attached hydrogen (secondary N) is 4. The van der Waals surface area contributed by atoms with Gasteiger partial charge in [0.1, 0.15) is 6.04 Å². The number of carbonyl (C=O) groups is 1. The molecule has 3 fully saturated rings. The van der Waals surface area contributed by atoms with E-state index in [-0.39, 0.29) is 11.9 Å². The fourth-order valence-electron chi connectivity index (χ4n) is 5.22. The minimum Gasteiger partial charge on any atom is -0.341 e. The molecule has 1 aromatic carbocycles. The van der Waals surface area contributed by atoms with Crippen LogP contribution in [0.5, 0.6) is 0 Å². The van der Waals surface area contributed by atoms with Crippen molar-refractivity contribution in [1.82, 2.24) is 26.6 Å². The lowest BCUT2D eigenvalue weighted by Crippen LogP contribution is -2.52. The molecule has 0 radical (unpaired) electrons. The molecule has 28 heavy (non-hydrogen) atoms. The maximum atomic E-state index is 13.1. The maximum Gasteiger partial charge on any atom is 0.241 e. The second kappa shape index (κ2) is 8.91. The SMILES string of the molecule is CC(C)CC1CC(C(=O)N2CCCC(C3NNCC3c3ccccc3)C2)NN1. The number of hydrogen-bond acceptors (Lipinski definition) is 5. The van der Waals surface area contributed by atoms with E-state index in [0.717, 1.165) is 38.9 Å². The Kier molecular flexibility index (Phi) is 6.31. The number of amides is 1. The molecular weight excluding hydrogens is 350 g/mol. The monoisotopic (exact) mass is 385 g/mol. The number of hydrazine groups is 2. The van der Waals surface area contributed by atoms with Gasteiger partial charge in [-0.05, 0) is 43.1 Å². The molecular formula is C22H35N5O. The summed E-state index contributed by atoms with van der Waals surface area (Å²) in [7, 11) is 0. The fraction of sp³-hybridized carbons (Fsp3) is 0.682. The van der Waals surface area contributed by atoms with E-state index in [4.69, 9.17) is 0 Å². The van der Waals surface area contributed by atoms with Crippen LogP contribution in [0.3, 0.4) is 0 Å². The molecule has 6 heteroatoms. The Bertz CT molecular complexity index is 652. The fourth-order valence-corrected chi connectivity index (χ4v) is 5.22. The van der Waals surface area contributed by atoms with Crippen molar-refractivity contribution in [2.24, 2.45) is 11.8 Å². The number of hydrogen-bond donors (Lipinski definition) is 4. The van der Waals surface area contributed by atoms with Crippen molar-refractivity contribution in [3.8, 4) is 0 Å². The first-order valence-corrected chi connectivity index (χ1v) is 10.9. The third-order valence-electron chi connectivity index (χ3n) is 6.57. The van der Waals surface area contributed by atoms with E-state index >= 15 is 0 Å². The lowest BCUT2D eigenvalue weighted by Gasteiger charge is -2.38. The highest BCUT2D eigenvalue weighted by Crippen LogP contribution is 2.32. The molecule has 0 saturated carbocycles. The Balaban J connectivity index is 1.37. The Morgan fingerprint density at radius 2 is 2.00 bits per heavy atom. The topological polar surface area (TPSA) is 68.4 Å². The molecule has 1 aromatic rings. The van der Waals surface area contributed by atoms with Crippen LogP contribution in [0.15, 0.2) is 30.3 Å². The van der Waals surface area contributed by atoms with Gasteiger partial charge in [0.25, 0.3) is 0 Å². The van der Waals surface area contributed by atoms with Gasteiger partial charge in [-0.15, -0.1) is 0 Å². The van der Waals surface area contributed by atoms with Crippen LogP contribution in [0.4, 0.5) is 0 Å². The molecule has 3 aliphatic heterocycles. The van der Waals surface area contributed by atoms with Crippen molar-refractivity contribution in [3.05, 3.63) is 35.9 Å². The van der Waals surface area contributed by atoms with Gasteiger partial charge in [-0.25, -0.2) is 5.43 Å². The third-order valence-corrected chi connectivity index (χ3v) is 6.57. The highest BCUT2D eigenvalue weighted by Gasteiger charge is 2.39. The molecule has 5 unspecified atom stereocenters. The average Bonchev–Trinajstić information content (AvgIpc) is 3.37. The summed E-state index contributed by atoms with van der Waals surface area (Å²) in [5.74, 6) is 1.86. The first-order chi connectivity index (χ1) is 13.6. The van der Waals surface area contributed by atoms with Crippen LogP contribution < -0.4 is 21.7 Å². The summed E-state index contributed by atoms with van der Waals surface area (Å²) in [6, 6.07) is 11.5. The zero-order valence-electron chi connectivity index (χ0n) is 17.2. The maximum absolute atomic E-state index is 13.1. The molecule has 154 valence electrons. The molecule has 4 N–H and O–H groups in total. The summed E-state index contributed by atoms with van der Waals surface area (Å²) in [6.07, 6.45) is 4.27. The largest absolute Gasteiger partial charge is 0.341 e. The van der Waals surface area contributed by atoms with E-state index in [2.05, 4.69) is 70.8 Å². The summed E-state index contributed by atoms with van der Waals surface area (Å²) in [5.41, 5.74) is 14.9. The van der Waals surface area contributed by atoms with Gasteiger partial charge in [0.05, 0.1) is 0 Å². The van der Waals surface area contributed by atoms with Crippen molar-refractivity contribution in [2.75, 3.05) is 19.6 Å². The van der Waals surface area contributed by atoms with E-state index in [9.17, 15) is 4.79 Å². The van der Waals surface area contributed by atoms with Crippen LogP contribution in [0.2, 0.25) is 0 Å². The van der Waals surface area contributed by atoms with Crippen molar-refractivity contribution in [1.29, 1.82) is 0 Å². The van der Waals surface area contributed by atoms with Gasteiger partial charge in [-0.1, -0.05) is 44.2 Å². The molecule has 6 nitrogen and oxygen atoms in total. The first-order valence-electron chi connectivity index (χ1n) is 10.9. The van der Waals surface area contributed by atoms with Crippen LogP contribution in [-0.4, -0.2) is 48.6 Å². The molecule has 1 amide bonds. The average molecular weight is 386 g/mol. The second-order valence-corrected chi connectivity index (χ2v) is 9.16. The second-order valence-electron chi connectivity index (χ2n) is 9.16. The molecule has 3 saturated heterocycles. The van der Waals surface area contributed by atoms with Gasteiger partial charge in [0, 0.05) is 37.6 Å². The van der Waals surface area contributed by atoms with Gasteiger partial charge < -0.3 is 4.90 Å². The standard InChI is InChI=1S/C22H35N5O/c1-15(2)11-18-12-20(25-24-18)22(28)27-10-6-9-17(14-27)21-19(13-23-26-21)16-7-4-3-5-8-16/h3-5,7-8,15,17-21,23-26H,6,9-14H2,1-2H3. The van der Waals surface area contributed by atoms with E-state index in [0.29, 0.717) is 29.8 Å². The molecule has 3 heterocycles. The van der Waals surface area contributed by atoms with Crippen LogP contribution in [0.25, 0.3) is 0 Å². The summed E-state index contributed by atoms with van der Waals surface area (Å²) in [4.78, 5) is 15.2. The van der Waals surface area contributed by atoms with Crippen molar-refractivity contribution in [3.63, 3.8) is 0 Å². The molecule has 0 aliphatic carbocycles. The third kappa shape index (κ3) is 4.40. The minimum absolute atomic E-state index is 0.0814. The lowest BCUT2D eigenvalue weighted by molar-refractivity contribution is -0.135. The Morgan fingerprint density at radius 1 is 1.18 bits per heavy atom. The zero-order chi connectivity index (χ0) is 19.5. The minimum atomic E-state index is -0.0814. The van der Waals surface area contributed by atoms with Crippen LogP contribution in [0.1, 0.15) is 51.0 Å². The summed E-state index contributed by atoms with van der Waals surface area (Å²) < 4.78 is 0.